The zero-order valence-electron chi connectivity index (χ0n) is 12.9. The highest BCUT2D eigenvalue weighted by Gasteiger charge is 2.34. The number of aliphatic hydroxyl groups is 1. The van der Waals surface area contributed by atoms with Crippen LogP contribution in [0.5, 0.6) is 0 Å². The average Bonchev–Trinajstić information content (AvgIpc) is 3.00. The number of carbonyl (C=O) groups excluding carboxylic acids is 1. The summed E-state index contributed by atoms with van der Waals surface area (Å²) in [5.41, 5.74) is -0.933. The molecule has 2 aromatic heterocycles. The number of nitrogens with zero attached hydrogens (tertiary/aromatic N) is 4. The van der Waals surface area contributed by atoms with Gasteiger partial charge in [-0.15, -0.1) is 5.10 Å². The molecule has 0 saturated heterocycles. The lowest BCUT2D eigenvalue weighted by atomic mass is 10.2. The summed E-state index contributed by atoms with van der Waals surface area (Å²) in [6, 6.07) is 2.48. The normalized spacial score (nSPS) is 12.8. The topological polar surface area (TPSA) is 83.3 Å². The molecule has 0 fully saturated rings. The number of nitrogens with one attached hydrogen (secondary N) is 1. The molecule has 2 amide bonds. The van der Waals surface area contributed by atoms with Gasteiger partial charge in [-0.1, -0.05) is 0 Å². The van der Waals surface area contributed by atoms with Gasteiger partial charge in [0.2, 0.25) is 0 Å². The van der Waals surface area contributed by atoms with Crippen LogP contribution in [0.2, 0.25) is 0 Å². The second-order valence-corrected chi connectivity index (χ2v) is 5.09. The first-order chi connectivity index (χ1) is 11.2. The van der Waals surface area contributed by atoms with Crippen molar-refractivity contribution >= 4 is 11.8 Å². The predicted molar refractivity (Wildman–Crippen MR) is 79.7 cm³/mol. The maximum atomic E-state index is 13.0. The Morgan fingerprint density at radius 2 is 2.17 bits per heavy atom. The fraction of sp³-hybridized carbons (Fsp3) is 0.357. The quantitative estimate of drug-likeness (QED) is 0.891. The van der Waals surface area contributed by atoms with E-state index >= 15 is 0 Å². The minimum Gasteiger partial charge on any atom is -0.394 e. The number of pyridine rings is 1. The van der Waals surface area contributed by atoms with Crippen LogP contribution in [0.15, 0.2) is 30.6 Å². The number of carbonyl (C=O) groups is 1. The van der Waals surface area contributed by atoms with Gasteiger partial charge in [0, 0.05) is 25.5 Å². The number of rotatable bonds is 4. The van der Waals surface area contributed by atoms with Gasteiger partial charge in [0.1, 0.15) is 5.56 Å². The lowest BCUT2D eigenvalue weighted by Crippen LogP contribution is -2.40. The van der Waals surface area contributed by atoms with Crippen molar-refractivity contribution in [3.05, 3.63) is 36.2 Å². The van der Waals surface area contributed by atoms with Crippen molar-refractivity contribution in [3.8, 4) is 5.82 Å². The van der Waals surface area contributed by atoms with Gasteiger partial charge in [0.15, 0.2) is 11.6 Å². The first-order valence-corrected chi connectivity index (χ1v) is 6.97. The van der Waals surface area contributed by atoms with Crippen LogP contribution in [-0.2, 0) is 6.18 Å². The van der Waals surface area contributed by atoms with Crippen LogP contribution < -0.4 is 5.32 Å². The molecule has 2 aromatic rings. The van der Waals surface area contributed by atoms with E-state index in [1.165, 1.54) is 36.5 Å². The van der Waals surface area contributed by atoms with E-state index in [1.807, 2.05) is 0 Å². The van der Waals surface area contributed by atoms with E-state index in [1.54, 1.807) is 6.92 Å². The van der Waals surface area contributed by atoms with Gasteiger partial charge in [0.25, 0.3) is 0 Å². The number of hydrogen-bond donors (Lipinski definition) is 2. The fourth-order valence-electron chi connectivity index (χ4n) is 1.83. The van der Waals surface area contributed by atoms with Crippen molar-refractivity contribution in [2.24, 2.45) is 0 Å². The third kappa shape index (κ3) is 3.82. The van der Waals surface area contributed by atoms with Gasteiger partial charge in [-0.3, -0.25) is 5.32 Å². The molecular formula is C14H16F3N5O2. The number of alkyl halides is 3. The lowest BCUT2D eigenvalue weighted by Gasteiger charge is -2.22. The number of amides is 2. The fourth-order valence-corrected chi connectivity index (χ4v) is 1.83. The number of urea groups is 1. The molecule has 0 saturated carbocycles. The molecular weight excluding hydrogens is 327 g/mol. The predicted octanol–water partition coefficient (Wildman–Crippen LogP) is 2.13. The van der Waals surface area contributed by atoms with Gasteiger partial charge in [0.05, 0.1) is 12.6 Å². The van der Waals surface area contributed by atoms with E-state index in [0.29, 0.717) is 0 Å². The zero-order chi connectivity index (χ0) is 17.9. The van der Waals surface area contributed by atoms with Crippen LogP contribution in [0.3, 0.4) is 0 Å². The molecule has 7 nitrogen and oxygen atoms in total. The third-order valence-corrected chi connectivity index (χ3v) is 3.38. The Morgan fingerprint density at radius 3 is 2.79 bits per heavy atom. The molecule has 130 valence electrons. The van der Waals surface area contributed by atoms with Crippen LogP contribution in [0.1, 0.15) is 12.5 Å². The number of aromatic nitrogens is 3. The molecule has 0 aliphatic heterocycles. The summed E-state index contributed by atoms with van der Waals surface area (Å²) in [6.45, 7) is 1.42. The van der Waals surface area contributed by atoms with Gasteiger partial charge < -0.3 is 10.0 Å². The van der Waals surface area contributed by atoms with Crippen molar-refractivity contribution < 1.29 is 23.1 Å². The van der Waals surface area contributed by atoms with Crippen LogP contribution in [0, 0.1) is 0 Å². The molecule has 24 heavy (non-hydrogen) atoms. The average molecular weight is 343 g/mol. The standard InChI is InChI=1S/C14H16F3N5O2/c1-9(8-23)21(2)13(24)19-11-5-7-22(20-11)12-10(14(15,16)17)4-3-6-18-12/h3-7,9,23H,8H2,1-2H3,(H,19,20,24). The van der Waals surface area contributed by atoms with Crippen LogP contribution in [-0.4, -0.2) is 50.5 Å². The van der Waals surface area contributed by atoms with E-state index in [4.69, 9.17) is 5.11 Å². The molecule has 2 heterocycles. The summed E-state index contributed by atoms with van der Waals surface area (Å²) in [6.07, 6.45) is -2.08. The minimum atomic E-state index is -4.57. The Labute approximate surface area is 135 Å². The number of halogens is 3. The highest BCUT2D eigenvalue weighted by Crippen LogP contribution is 2.32. The molecule has 0 spiro atoms. The van der Waals surface area contributed by atoms with Gasteiger partial charge in [-0.2, -0.15) is 13.2 Å². The summed E-state index contributed by atoms with van der Waals surface area (Å²) < 4.78 is 39.9. The molecule has 0 aliphatic carbocycles. The Balaban J connectivity index is 2.22. The second kappa shape index (κ2) is 6.87. The SMILES string of the molecule is CC(CO)N(C)C(=O)Nc1ccn(-c2ncccc2C(F)(F)F)n1. The van der Waals surface area contributed by atoms with Crippen LogP contribution >= 0.6 is 0 Å². The second-order valence-electron chi connectivity index (χ2n) is 5.09. The van der Waals surface area contributed by atoms with E-state index < -0.39 is 23.8 Å². The van der Waals surface area contributed by atoms with Crippen molar-refractivity contribution in [1.82, 2.24) is 19.7 Å². The molecule has 2 N–H and O–H groups in total. The van der Waals surface area contributed by atoms with Gasteiger partial charge in [-0.25, -0.2) is 14.5 Å². The zero-order valence-corrected chi connectivity index (χ0v) is 12.9. The Kier molecular flexibility index (Phi) is 5.07. The summed E-state index contributed by atoms with van der Waals surface area (Å²) in [5, 5.41) is 15.4. The lowest BCUT2D eigenvalue weighted by molar-refractivity contribution is -0.137. The van der Waals surface area contributed by atoms with Crippen LogP contribution in [0.4, 0.5) is 23.8 Å². The van der Waals surface area contributed by atoms with Crippen molar-refractivity contribution in [2.45, 2.75) is 19.1 Å². The maximum Gasteiger partial charge on any atom is 0.420 e. The summed E-state index contributed by atoms with van der Waals surface area (Å²) in [4.78, 5) is 16.9. The molecule has 2 rings (SSSR count). The Bertz CT molecular complexity index is 716. The van der Waals surface area contributed by atoms with Crippen LogP contribution in [0.25, 0.3) is 5.82 Å². The molecule has 1 unspecified atom stereocenters. The molecule has 0 bridgehead atoms. The number of likely N-dealkylation sites (N-methyl/N-ethyl adjacent to an activating group) is 1. The number of hydrogen-bond acceptors (Lipinski definition) is 4. The maximum absolute atomic E-state index is 13.0. The van der Waals surface area contributed by atoms with Crippen molar-refractivity contribution in [1.29, 1.82) is 0 Å². The van der Waals surface area contributed by atoms with Crippen molar-refractivity contribution in [2.75, 3.05) is 19.0 Å². The van der Waals surface area contributed by atoms with E-state index in [-0.39, 0.29) is 18.2 Å². The van der Waals surface area contributed by atoms with E-state index in [2.05, 4.69) is 15.4 Å². The first-order valence-electron chi connectivity index (χ1n) is 6.97. The Morgan fingerprint density at radius 1 is 1.46 bits per heavy atom. The molecule has 0 aromatic carbocycles. The van der Waals surface area contributed by atoms with Crippen molar-refractivity contribution in [3.63, 3.8) is 0 Å². The smallest absolute Gasteiger partial charge is 0.394 e. The molecule has 10 heteroatoms. The summed E-state index contributed by atoms with van der Waals surface area (Å²) >= 11 is 0. The monoisotopic (exact) mass is 343 g/mol. The largest absolute Gasteiger partial charge is 0.420 e. The van der Waals surface area contributed by atoms with Gasteiger partial charge in [-0.05, 0) is 19.1 Å². The number of aliphatic hydroxyl groups excluding tert-OH is 1. The third-order valence-electron chi connectivity index (χ3n) is 3.38. The first kappa shape index (κ1) is 17.7. The van der Waals surface area contributed by atoms with E-state index in [0.717, 1.165) is 10.7 Å². The highest BCUT2D eigenvalue weighted by molar-refractivity contribution is 5.88. The molecule has 0 aliphatic rings. The highest BCUT2D eigenvalue weighted by atomic mass is 19.4. The Hall–Kier alpha value is -2.62. The molecule has 1 atom stereocenters. The van der Waals surface area contributed by atoms with Gasteiger partial charge >= 0.3 is 12.2 Å². The summed E-state index contributed by atoms with van der Waals surface area (Å²) in [5.74, 6) is -0.321. The minimum absolute atomic E-state index is 0.0655. The summed E-state index contributed by atoms with van der Waals surface area (Å²) in [7, 11) is 1.48. The van der Waals surface area contributed by atoms with E-state index in [9.17, 15) is 18.0 Å². The molecule has 0 radical (unpaired) electrons. The number of anilines is 1.